The summed E-state index contributed by atoms with van der Waals surface area (Å²) < 4.78 is 5.79. The molecule has 1 N–H and O–H groups in total. The Morgan fingerprint density at radius 3 is 2.74 bits per heavy atom. The van der Waals surface area contributed by atoms with Gasteiger partial charge in [0.25, 0.3) is 0 Å². The third-order valence-corrected chi connectivity index (χ3v) is 6.20. The second-order valence-corrected chi connectivity index (χ2v) is 8.32. The molecule has 2 aliphatic rings. The van der Waals surface area contributed by atoms with Gasteiger partial charge >= 0.3 is 0 Å². The normalized spacial score (nSPS) is 21.1. The molecule has 27 heavy (non-hydrogen) atoms. The predicted octanol–water partition coefficient (Wildman–Crippen LogP) is 3.28. The molecule has 3 heterocycles. The van der Waals surface area contributed by atoms with Gasteiger partial charge in [0.15, 0.2) is 0 Å². The van der Waals surface area contributed by atoms with Gasteiger partial charge < -0.3 is 10.1 Å². The first kappa shape index (κ1) is 20.8. The van der Waals surface area contributed by atoms with Crippen LogP contribution in [-0.4, -0.2) is 60.1 Å². The molecule has 2 saturated heterocycles. The van der Waals surface area contributed by atoms with Crippen LogP contribution in [0, 0.1) is 0 Å². The number of ether oxygens (including phenoxy) is 1. The van der Waals surface area contributed by atoms with Crippen molar-refractivity contribution in [3.05, 3.63) is 45.4 Å². The van der Waals surface area contributed by atoms with Crippen LogP contribution in [0.1, 0.15) is 17.1 Å². The highest BCUT2D eigenvalue weighted by Gasteiger charge is 2.28. The van der Waals surface area contributed by atoms with Crippen LogP contribution in [0.5, 0.6) is 5.75 Å². The van der Waals surface area contributed by atoms with E-state index in [1.54, 1.807) is 11.3 Å². The van der Waals surface area contributed by atoms with Gasteiger partial charge in [0.1, 0.15) is 17.4 Å². The molecule has 1 aromatic heterocycles. The highest BCUT2D eigenvalue weighted by atomic mass is 35.5. The highest BCUT2D eigenvalue weighted by Crippen LogP contribution is 2.21. The number of nitrogens with one attached hydrogen (secondary N) is 1. The van der Waals surface area contributed by atoms with Crippen molar-refractivity contribution in [2.24, 2.45) is 0 Å². The number of aromatic nitrogens is 1. The van der Waals surface area contributed by atoms with Gasteiger partial charge in [0, 0.05) is 62.3 Å². The Hall–Kier alpha value is -0.890. The largest absolute Gasteiger partial charge is 0.486 e. The van der Waals surface area contributed by atoms with Crippen LogP contribution < -0.4 is 10.1 Å². The van der Waals surface area contributed by atoms with Gasteiger partial charge in [0.05, 0.1) is 5.69 Å². The number of rotatable bonds is 6. The van der Waals surface area contributed by atoms with Gasteiger partial charge in [-0.2, -0.15) is 0 Å². The van der Waals surface area contributed by atoms with Crippen molar-refractivity contribution < 1.29 is 4.74 Å². The lowest BCUT2D eigenvalue weighted by atomic mass is 10.2. The Labute approximate surface area is 176 Å². The van der Waals surface area contributed by atoms with E-state index in [1.165, 1.54) is 26.1 Å². The van der Waals surface area contributed by atoms with E-state index >= 15 is 0 Å². The fraction of sp³-hybridized carbons (Fsp3) is 0.526. The summed E-state index contributed by atoms with van der Waals surface area (Å²) >= 11 is 7.57. The molecule has 0 aliphatic carbocycles. The minimum absolute atomic E-state index is 0. The zero-order valence-electron chi connectivity index (χ0n) is 15.3. The van der Waals surface area contributed by atoms with Gasteiger partial charge in [-0.1, -0.05) is 11.6 Å². The van der Waals surface area contributed by atoms with E-state index in [-0.39, 0.29) is 12.4 Å². The van der Waals surface area contributed by atoms with Crippen LogP contribution >= 0.6 is 35.3 Å². The topological polar surface area (TPSA) is 40.6 Å². The van der Waals surface area contributed by atoms with Gasteiger partial charge in [-0.3, -0.25) is 9.80 Å². The van der Waals surface area contributed by atoms with Crippen LogP contribution in [0.3, 0.4) is 0 Å². The van der Waals surface area contributed by atoms with E-state index in [4.69, 9.17) is 21.3 Å². The minimum Gasteiger partial charge on any atom is -0.486 e. The average molecular weight is 429 g/mol. The van der Waals surface area contributed by atoms with Crippen LogP contribution in [0.15, 0.2) is 29.6 Å². The Morgan fingerprint density at radius 2 is 1.96 bits per heavy atom. The van der Waals surface area contributed by atoms with Crippen molar-refractivity contribution in [3.8, 4) is 5.75 Å². The maximum absolute atomic E-state index is 5.90. The lowest BCUT2D eigenvalue weighted by Crippen LogP contribution is -2.49. The lowest BCUT2D eigenvalue weighted by molar-refractivity contribution is 0.170. The van der Waals surface area contributed by atoms with Crippen LogP contribution in [0.25, 0.3) is 0 Å². The third kappa shape index (κ3) is 5.79. The number of nitrogens with zero attached hydrogens (tertiary/aromatic N) is 3. The summed E-state index contributed by atoms with van der Waals surface area (Å²) in [7, 11) is 0. The van der Waals surface area contributed by atoms with Crippen molar-refractivity contribution in [1.29, 1.82) is 0 Å². The molecule has 2 aromatic rings. The molecule has 8 heteroatoms. The Morgan fingerprint density at radius 1 is 1.19 bits per heavy atom. The molecule has 2 aliphatic heterocycles. The molecule has 0 radical (unpaired) electrons. The SMILES string of the molecule is Cl.Clc1ccc(OCc2nc(CN3CCC(N4CCNCC4)C3)cs2)cc1. The first-order chi connectivity index (χ1) is 12.8. The summed E-state index contributed by atoms with van der Waals surface area (Å²) in [6, 6.07) is 8.16. The molecule has 0 spiro atoms. The number of piperazine rings is 1. The van der Waals surface area contributed by atoms with E-state index in [0.29, 0.717) is 12.6 Å². The zero-order chi connectivity index (χ0) is 17.8. The Balaban J connectivity index is 0.00000210. The standard InChI is InChI=1S/C19H25ClN4OS.ClH/c20-15-1-3-18(4-2-15)25-13-19-22-16(14-26-19)11-23-8-5-17(12-23)24-9-6-21-7-10-24;/h1-4,14,17,21H,5-13H2;1H. The van der Waals surface area contributed by atoms with Crippen molar-refractivity contribution >= 4 is 35.3 Å². The van der Waals surface area contributed by atoms with Gasteiger partial charge in [0.2, 0.25) is 0 Å². The summed E-state index contributed by atoms with van der Waals surface area (Å²) in [6.45, 7) is 8.40. The first-order valence-corrected chi connectivity index (χ1v) is 10.5. The van der Waals surface area contributed by atoms with Crippen molar-refractivity contribution in [2.45, 2.75) is 25.6 Å². The smallest absolute Gasteiger partial charge is 0.140 e. The fourth-order valence-corrected chi connectivity index (χ4v) is 4.52. The number of halogens is 2. The first-order valence-electron chi connectivity index (χ1n) is 9.25. The molecular formula is C19H26Cl2N4OS. The van der Waals surface area contributed by atoms with Crippen molar-refractivity contribution in [3.63, 3.8) is 0 Å². The van der Waals surface area contributed by atoms with Crippen LogP contribution in [0.2, 0.25) is 5.02 Å². The summed E-state index contributed by atoms with van der Waals surface area (Å²) in [5, 5.41) is 7.34. The average Bonchev–Trinajstić information content (AvgIpc) is 3.32. The second kappa shape index (κ2) is 10.0. The van der Waals surface area contributed by atoms with Crippen LogP contribution in [-0.2, 0) is 13.2 Å². The maximum Gasteiger partial charge on any atom is 0.140 e. The van der Waals surface area contributed by atoms with Gasteiger partial charge in [-0.05, 0) is 30.7 Å². The minimum atomic E-state index is 0. The number of likely N-dealkylation sites (tertiary alicyclic amines) is 1. The lowest BCUT2D eigenvalue weighted by Gasteiger charge is -2.32. The van der Waals surface area contributed by atoms with E-state index in [0.717, 1.165) is 47.7 Å². The molecule has 5 nitrogen and oxygen atoms in total. The molecule has 1 atom stereocenters. The third-order valence-electron chi connectivity index (χ3n) is 5.08. The van der Waals surface area contributed by atoms with E-state index in [1.807, 2.05) is 24.3 Å². The number of hydrogen-bond acceptors (Lipinski definition) is 6. The fourth-order valence-electron chi connectivity index (χ4n) is 3.69. The Kier molecular flexibility index (Phi) is 7.75. The monoisotopic (exact) mass is 428 g/mol. The van der Waals surface area contributed by atoms with E-state index < -0.39 is 0 Å². The van der Waals surface area contributed by atoms with Crippen molar-refractivity contribution in [1.82, 2.24) is 20.1 Å². The van der Waals surface area contributed by atoms with Crippen molar-refractivity contribution in [2.75, 3.05) is 39.3 Å². The van der Waals surface area contributed by atoms with E-state index in [2.05, 4.69) is 20.5 Å². The number of hydrogen-bond donors (Lipinski definition) is 1. The van der Waals surface area contributed by atoms with Crippen LogP contribution in [0.4, 0.5) is 0 Å². The number of thiazole rings is 1. The highest BCUT2D eigenvalue weighted by molar-refractivity contribution is 7.09. The summed E-state index contributed by atoms with van der Waals surface area (Å²) in [6.07, 6.45) is 1.27. The molecule has 1 unspecified atom stereocenters. The molecule has 4 rings (SSSR count). The Bertz CT molecular complexity index is 706. The van der Waals surface area contributed by atoms with Gasteiger partial charge in [-0.25, -0.2) is 4.98 Å². The molecule has 148 valence electrons. The van der Waals surface area contributed by atoms with Gasteiger partial charge in [-0.15, -0.1) is 23.7 Å². The quantitative estimate of drug-likeness (QED) is 0.764. The van der Waals surface area contributed by atoms with E-state index in [9.17, 15) is 0 Å². The molecule has 0 saturated carbocycles. The maximum atomic E-state index is 5.90. The summed E-state index contributed by atoms with van der Waals surface area (Å²) in [5.74, 6) is 0.824. The molecule has 0 bridgehead atoms. The number of benzene rings is 1. The zero-order valence-corrected chi connectivity index (χ0v) is 17.7. The predicted molar refractivity (Wildman–Crippen MR) is 113 cm³/mol. The molecule has 2 fully saturated rings. The second-order valence-electron chi connectivity index (χ2n) is 6.94. The summed E-state index contributed by atoms with van der Waals surface area (Å²) in [5.41, 5.74) is 1.16. The molecule has 1 aromatic carbocycles. The molecular weight excluding hydrogens is 403 g/mol. The molecule has 0 amide bonds. The summed E-state index contributed by atoms with van der Waals surface area (Å²) in [4.78, 5) is 9.92.